The topological polar surface area (TPSA) is 26.0 Å². The summed E-state index contributed by atoms with van der Waals surface area (Å²) in [5.74, 6) is 0. The molecule has 0 saturated carbocycles. The van der Waals surface area contributed by atoms with Gasteiger partial charge in [0.05, 0.1) is 4.34 Å². The SMILES string of the molecule is N[C@H]1CCc2sc(Cl)cc2C1. The largest absolute Gasteiger partial charge is 0.327 e. The second-order valence-corrected chi connectivity index (χ2v) is 4.77. The Bertz CT molecular complexity index is 269. The molecule has 0 unspecified atom stereocenters. The molecule has 1 atom stereocenters. The summed E-state index contributed by atoms with van der Waals surface area (Å²) in [6, 6.07) is 2.41. The van der Waals surface area contributed by atoms with Crippen LogP contribution in [0.5, 0.6) is 0 Å². The Morgan fingerprint density at radius 3 is 3.27 bits per heavy atom. The molecule has 1 nitrogen and oxygen atoms in total. The van der Waals surface area contributed by atoms with Crippen molar-refractivity contribution in [3.05, 3.63) is 20.8 Å². The Kier molecular flexibility index (Phi) is 1.91. The van der Waals surface area contributed by atoms with Crippen molar-refractivity contribution in [1.29, 1.82) is 0 Å². The van der Waals surface area contributed by atoms with E-state index in [0.29, 0.717) is 6.04 Å². The molecule has 2 N–H and O–H groups in total. The van der Waals surface area contributed by atoms with Crippen LogP contribution in [0.3, 0.4) is 0 Å². The highest BCUT2D eigenvalue weighted by atomic mass is 35.5. The van der Waals surface area contributed by atoms with Gasteiger partial charge in [-0.2, -0.15) is 0 Å². The molecule has 11 heavy (non-hydrogen) atoms. The molecule has 60 valence electrons. The lowest BCUT2D eigenvalue weighted by atomic mass is 9.95. The third-order valence-corrected chi connectivity index (χ3v) is 3.46. The summed E-state index contributed by atoms with van der Waals surface area (Å²) in [5, 5.41) is 0. The van der Waals surface area contributed by atoms with Crippen molar-refractivity contribution in [2.24, 2.45) is 5.73 Å². The van der Waals surface area contributed by atoms with E-state index in [1.54, 1.807) is 11.3 Å². The van der Waals surface area contributed by atoms with E-state index in [2.05, 4.69) is 6.07 Å². The van der Waals surface area contributed by atoms with E-state index in [-0.39, 0.29) is 0 Å². The van der Waals surface area contributed by atoms with Gasteiger partial charge >= 0.3 is 0 Å². The van der Waals surface area contributed by atoms with E-state index >= 15 is 0 Å². The minimum Gasteiger partial charge on any atom is -0.327 e. The lowest BCUT2D eigenvalue weighted by molar-refractivity contribution is 0.583. The van der Waals surface area contributed by atoms with E-state index in [1.807, 2.05) is 0 Å². The van der Waals surface area contributed by atoms with E-state index in [0.717, 1.165) is 23.6 Å². The molecule has 2 rings (SSSR count). The first-order valence-corrected chi connectivity index (χ1v) is 4.98. The number of rotatable bonds is 0. The first-order chi connectivity index (χ1) is 5.25. The van der Waals surface area contributed by atoms with Crippen molar-refractivity contribution >= 4 is 22.9 Å². The predicted octanol–water partition coefficient (Wildman–Crippen LogP) is 2.22. The molecule has 0 radical (unpaired) electrons. The highest BCUT2D eigenvalue weighted by Gasteiger charge is 2.17. The van der Waals surface area contributed by atoms with Gasteiger partial charge < -0.3 is 5.73 Å². The predicted molar refractivity (Wildman–Crippen MR) is 49.3 cm³/mol. The number of hydrogen-bond donors (Lipinski definition) is 1. The van der Waals surface area contributed by atoms with Crippen molar-refractivity contribution in [2.45, 2.75) is 25.3 Å². The summed E-state index contributed by atoms with van der Waals surface area (Å²) in [5.41, 5.74) is 7.19. The molecule has 3 heteroatoms. The molecule has 0 spiro atoms. The van der Waals surface area contributed by atoms with Crippen LogP contribution in [0, 0.1) is 0 Å². The van der Waals surface area contributed by atoms with E-state index < -0.39 is 0 Å². The van der Waals surface area contributed by atoms with Gasteiger partial charge in [0.25, 0.3) is 0 Å². The highest BCUT2D eigenvalue weighted by molar-refractivity contribution is 7.16. The quantitative estimate of drug-likeness (QED) is 0.663. The lowest BCUT2D eigenvalue weighted by Crippen LogP contribution is -2.26. The summed E-state index contributed by atoms with van der Waals surface area (Å²) >= 11 is 7.58. The molecule has 1 aliphatic carbocycles. The Labute approximate surface area is 75.2 Å². The van der Waals surface area contributed by atoms with Gasteiger partial charge in [-0.25, -0.2) is 0 Å². The van der Waals surface area contributed by atoms with Gasteiger partial charge in [0.2, 0.25) is 0 Å². The van der Waals surface area contributed by atoms with Crippen LogP contribution in [0.25, 0.3) is 0 Å². The third kappa shape index (κ3) is 1.43. The van der Waals surface area contributed by atoms with Crippen LogP contribution in [0.2, 0.25) is 4.34 Å². The maximum absolute atomic E-state index is 5.88. The second kappa shape index (κ2) is 2.77. The standard InChI is InChI=1S/C8H10ClNS/c9-8-4-5-3-6(10)1-2-7(5)11-8/h4,6H,1-3,10H2/t6-/m0/s1. The molecule has 0 saturated heterocycles. The van der Waals surface area contributed by atoms with Crippen LogP contribution in [0.1, 0.15) is 16.9 Å². The van der Waals surface area contributed by atoms with Gasteiger partial charge in [-0.1, -0.05) is 11.6 Å². The van der Waals surface area contributed by atoms with Crippen LogP contribution >= 0.6 is 22.9 Å². The molecule has 0 bridgehead atoms. The van der Waals surface area contributed by atoms with E-state index in [9.17, 15) is 0 Å². The summed E-state index contributed by atoms with van der Waals surface area (Å²) in [6.45, 7) is 0. The zero-order chi connectivity index (χ0) is 7.84. The van der Waals surface area contributed by atoms with Crippen molar-refractivity contribution in [3.8, 4) is 0 Å². The number of fused-ring (bicyclic) bond motifs is 1. The molecule has 1 heterocycles. The molecule has 0 amide bonds. The Morgan fingerprint density at radius 1 is 1.64 bits per heavy atom. The maximum atomic E-state index is 5.88. The summed E-state index contributed by atoms with van der Waals surface area (Å²) in [4.78, 5) is 1.44. The molecule has 0 fully saturated rings. The van der Waals surface area contributed by atoms with E-state index in [1.165, 1.54) is 10.4 Å². The summed E-state index contributed by atoms with van der Waals surface area (Å²) in [7, 11) is 0. The van der Waals surface area contributed by atoms with E-state index in [4.69, 9.17) is 17.3 Å². The monoisotopic (exact) mass is 187 g/mol. The van der Waals surface area contributed by atoms with Crippen LogP contribution in [-0.2, 0) is 12.8 Å². The molecule has 0 aliphatic heterocycles. The van der Waals surface area contributed by atoms with Crippen LogP contribution in [-0.4, -0.2) is 6.04 Å². The summed E-state index contributed by atoms with van der Waals surface area (Å²) < 4.78 is 0.907. The molecular formula is C8H10ClNS. The third-order valence-electron chi connectivity index (χ3n) is 2.09. The van der Waals surface area contributed by atoms with Gasteiger partial charge in [0.15, 0.2) is 0 Å². The lowest BCUT2D eigenvalue weighted by Gasteiger charge is -2.16. The minimum atomic E-state index is 0.355. The number of nitrogens with two attached hydrogens (primary N) is 1. The van der Waals surface area contributed by atoms with Gasteiger partial charge in [-0.3, -0.25) is 0 Å². The summed E-state index contributed by atoms with van der Waals surface area (Å²) in [6.07, 6.45) is 3.25. The van der Waals surface area contributed by atoms with Crippen molar-refractivity contribution in [2.75, 3.05) is 0 Å². The molecule has 1 aliphatic rings. The molecule has 1 aromatic rings. The van der Waals surface area contributed by atoms with Crippen LogP contribution in [0.4, 0.5) is 0 Å². The van der Waals surface area contributed by atoms with Crippen LogP contribution in [0.15, 0.2) is 6.07 Å². The normalized spacial score (nSPS) is 23.3. The number of aryl methyl sites for hydroxylation is 1. The van der Waals surface area contributed by atoms with Crippen molar-refractivity contribution in [3.63, 3.8) is 0 Å². The van der Waals surface area contributed by atoms with Gasteiger partial charge in [0.1, 0.15) is 0 Å². The number of hydrogen-bond acceptors (Lipinski definition) is 2. The first-order valence-electron chi connectivity index (χ1n) is 3.78. The van der Waals surface area contributed by atoms with Gasteiger partial charge in [-0.05, 0) is 30.9 Å². The molecule has 1 aromatic heterocycles. The molecule has 0 aromatic carbocycles. The van der Waals surface area contributed by atoms with Crippen molar-refractivity contribution in [1.82, 2.24) is 0 Å². The number of thiophene rings is 1. The zero-order valence-corrected chi connectivity index (χ0v) is 7.71. The maximum Gasteiger partial charge on any atom is 0.0934 e. The van der Waals surface area contributed by atoms with Gasteiger partial charge in [0, 0.05) is 10.9 Å². The molecular weight excluding hydrogens is 178 g/mol. The van der Waals surface area contributed by atoms with Crippen molar-refractivity contribution < 1.29 is 0 Å². The first kappa shape index (κ1) is 7.59. The fraction of sp³-hybridized carbons (Fsp3) is 0.500. The van der Waals surface area contributed by atoms with Gasteiger partial charge in [-0.15, -0.1) is 11.3 Å². The second-order valence-electron chi connectivity index (χ2n) is 3.00. The Hall–Kier alpha value is -0.0500. The van der Waals surface area contributed by atoms with Crippen LogP contribution < -0.4 is 5.73 Å². The Morgan fingerprint density at radius 2 is 2.45 bits per heavy atom. The Balaban J connectivity index is 2.34. The fourth-order valence-corrected chi connectivity index (χ4v) is 2.86. The average molecular weight is 188 g/mol. The highest BCUT2D eigenvalue weighted by Crippen LogP contribution is 2.31. The zero-order valence-electron chi connectivity index (χ0n) is 6.14. The number of halogens is 1. The fourth-order valence-electron chi connectivity index (χ4n) is 1.52. The minimum absolute atomic E-state index is 0.355. The average Bonchev–Trinajstić information content (AvgIpc) is 2.27. The smallest absolute Gasteiger partial charge is 0.0934 e.